The summed E-state index contributed by atoms with van der Waals surface area (Å²) < 4.78 is 9.76. The molecule has 0 N–H and O–H groups in total. The monoisotopic (exact) mass is 511 g/mol. The maximum Gasteiger partial charge on any atom is 0.338 e. The Kier molecular flexibility index (Phi) is 6.56. The van der Waals surface area contributed by atoms with E-state index in [1.165, 1.54) is 16.9 Å². The second kappa shape index (κ2) is 9.82. The van der Waals surface area contributed by atoms with Crippen molar-refractivity contribution in [3.05, 3.63) is 120 Å². The van der Waals surface area contributed by atoms with Gasteiger partial charge in [-0.25, -0.2) is 9.79 Å². The average Bonchev–Trinajstić information content (AvgIpc) is 3.33. The first kappa shape index (κ1) is 24.7. The van der Waals surface area contributed by atoms with Crippen LogP contribution in [0, 0.1) is 20.8 Å². The van der Waals surface area contributed by atoms with Crippen molar-refractivity contribution in [3.8, 4) is 5.69 Å². The van der Waals surface area contributed by atoms with Gasteiger partial charge in [0, 0.05) is 17.1 Å². The molecule has 0 aliphatic carbocycles. The topological polar surface area (TPSA) is 65.6 Å². The summed E-state index contributed by atoms with van der Waals surface area (Å²) in [6.45, 7) is 10.0. The highest BCUT2D eigenvalue weighted by molar-refractivity contribution is 7.07. The van der Waals surface area contributed by atoms with E-state index >= 15 is 0 Å². The van der Waals surface area contributed by atoms with Crippen molar-refractivity contribution in [2.24, 2.45) is 4.99 Å². The van der Waals surface area contributed by atoms with Crippen LogP contribution in [0.5, 0.6) is 0 Å². The number of thiazole rings is 1. The molecule has 4 aromatic rings. The number of allylic oxidation sites excluding steroid dienone is 1. The number of esters is 1. The number of nitrogens with zero attached hydrogens (tertiary/aromatic N) is 3. The fourth-order valence-corrected chi connectivity index (χ4v) is 5.95. The van der Waals surface area contributed by atoms with Gasteiger partial charge in [-0.2, -0.15) is 0 Å². The average molecular weight is 512 g/mol. The normalized spacial score (nSPS) is 15.5. The zero-order chi connectivity index (χ0) is 26.3. The number of ether oxygens (including phenoxy) is 1. The van der Waals surface area contributed by atoms with Crippen molar-refractivity contribution < 1.29 is 9.53 Å². The molecule has 37 heavy (non-hydrogen) atoms. The zero-order valence-corrected chi connectivity index (χ0v) is 22.4. The van der Waals surface area contributed by atoms with Crippen LogP contribution < -0.4 is 14.9 Å². The van der Waals surface area contributed by atoms with Gasteiger partial charge in [-0.3, -0.25) is 9.36 Å². The number of rotatable bonds is 5. The van der Waals surface area contributed by atoms with Gasteiger partial charge in [-0.1, -0.05) is 59.4 Å². The van der Waals surface area contributed by atoms with Gasteiger partial charge in [0.1, 0.15) is 0 Å². The fourth-order valence-electron chi connectivity index (χ4n) is 4.91. The van der Waals surface area contributed by atoms with Gasteiger partial charge in [-0.15, -0.1) is 0 Å². The van der Waals surface area contributed by atoms with E-state index in [9.17, 15) is 9.59 Å². The van der Waals surface area contributed by atoms with Crippen LogP contribution in [0.3, 0.4) is 0 Å². The Bertz CT molecular complexity index is 1700. The van der Waals surface area contributed by atoms with Crippen molar-refractivity contribution >= 4 is 23.4 Å². The van der Waals surface area contributed by atoms with Crippen molar-refractivity contribution in [2.75, 3.05) is 6.61 Å². The predicted molar refractivity (Wildman–Crippen MR) is 147 cm³/mol. The van der Waals surface area contributed by atoms with Crippen molar-refractivity contribution in [3.63, 3.8) is 0 Å². The molecule has 0 saturated carbocycles. The SMILES string of the molecule is CCOC(=O)C1=C(C)N=c2s/c(=C\c3cc(C)n(-c4ccc(C)cc4)c3C)c(=O)n2[C@H]1c1ccccc1. The first-order chi connectivity index (χ1) is 17.8. The third-order valence-electron chi connectivity index (χ3n) is 6.68. The molecule has 2 aromatic carbocycles. The van der Waals surface area contributed by atoms with E-state index in [2.05, 4.69) is 60.7 Å². The van der Waals surface area contributed by atoms with Crippen molar-refractivity contribution in [1.82, 2.24) is 9.13 Å². The van der Waals surface area contributed by atoms with Crippen LogP contribution in [-0.2, 0) is 9.53 Å². The fraction of sp³-hybridized carbons (Fsp3) is 0.233. The number of fused-ring (bicyclic) bond motifs is 1. The lowest BCUT2D eigenvalue weighted by Gasteiger charge is -2.24. The molecule has 0 saturated heterocycles. The summed E-state index contributed by atoms with van der Waals surface area (Å²) in [4.78, 5) is 32.1. The van der Waals surface area contributed by atoms with Gasteiger partial charge < -0.3 is 9.30 Å². The molecule has 1 atom stereocenters. The Balaban J connectivity index is 1.68. The number of carbonyl (C=O) groups excluding carboxylic acids is 1. The minimum Gasteiger partial charge on any atom is -0.463 e. The molecule has 1 aliphatic heterocycles. The Hall–Kier alpha value is -3.97. The Labute approximate surface area is 219 Å². The molecule has 3 heterocycles. The molecule has 1 aliphatic rings. The number of benzene rings is 2. The summed E-state index contributed by atoms with van der Waals surface area (Å²) in [5.41, 5.74) is 7.02. The van der Waals surface area contributed by atoms with E-state index in [1.807, 2.05) is 36.4 Å². The van der Waals surface area contributed by atoms with Gasteiger partial charge >= 0.3 is 5.97 Å². The Morgan fingerprint density at radius 2 is 1.76 bits per heavy atom. The third kappa shape index (κ3) is 4.40. The standard InChI is InChI=1S/C30H29N3O3S/c1-6-36-29(35)26-20(4)31-30-33(27(26)22-10-8-7-9-11-22)28(34)25(37-30)17-23-16-19(3)32(21(23)5)24-14-12-18(2)13-15-24/h7-17,27H,6H2,1-5H3/b25-17-/t27-/m0/s1. The molecule has 0 amide bonds. The lowest BCUT2D eigenvalue weighted by Crippen LogP contribution is -2.39. The molecule has 0 unspecified atom stereocenters. The highest BCUT2D eigenvalue weighted by atomic mass is 32.1. The van der Waals surface area contributed by atoms with Gasteiger partial charge in [0.05, 0.1) is 28.5 Å². The molecule has 7 heteroatoms. The first-order valence-corrected chi connectivity index (χ1v) is 13.1. The van der Waals surface area contributed by atoms with Crippen molar-refractivity contribution in [2.45, 2.75) is 40.7 Å². The molecule has 0 radical (unpaired) electrons. The number of hydrogen-bond acceptors (Lipinski definition) is 5. The summed E-state index contributed by atoms with van der Waals surface area (Å²) in [5.74, 6) is -0.450. The highest BCUT2D eigenvalue weighted by Crippen LogP contribution is 2.30. The molecular formula is C30H29N3O3S. The van der Waals surface area contributed by atoms with E-state index < -0.39 is 12.0 Å². The Morgan fingerprint density at radius 1 is 1.05 bits per heavy atom. The summed E-state index contributed by atoms with van der Waals surface area (Å²) >= 11 is 1.34. The molecule has 0 spiro atoms. The zero-order valence-electron chi connectivity index (χ0n) is 21.6. The second-order valence-electron chi connectivity index (χ2n) is 9.21. The molecule has 2 aromatic heterocycles. The van der Waals surface area contributed by atoms with Gasteiger partial charge in [0.25, 0.3) is 5.56 Å². The van der Waals surface area contributed by atoms with Crippen LogP contribution >= 0.6 is 11.3 Å². The smallest absolute Gasteiger partial charge is 0.338 e. The van der Waals surface area contributed by atoms with Gasteiger partial charge in [0.2, 0.25) is 0 Å². The summed E-state index contributed by atoms with van der Waals surface area (Å²) in [7, 11) is 0. The highest BCUT2D eigenvalue weighted by Gasteiger charge is 2.33. The molecular weight excluding hydrogens is 482 g/mol. The molecule has 188 valence electrons. The van der Waals surface area contributed by atoms with Crippen molar-refractivity contribution in [1.29, 1.82) is 0 Å². The van der Waals surface area contributed by atoms with Crippen LogP contribution in [0.1, 0.15) is 48.0 Å². The quantitative estimate of drug-likeness (QED) is 0.370. The van der Waals surface area contributed by atoms with E-state index in [-0.39, 0.29) is 12.2 Å². The van der Waals surface area contributed by atoms with Gasteiger partial charge in [0.15, 0.2) is 4.80 Å². The van der Waals surface area contributed by atoms with E-state index in [0.717, 1.165) is 28.2 Å². The minimum atomic E-state index is -0.598. The summed E-state index contributed by atoms with van der Waals surface area (Å²) in [6.07, 6.45) is 1.93. The third-order valence-corrected chi connectivity index (χ3v) is 7.66. The van der Waals surface area contributed by atoms with E-state index in [4.69, 9.17) is 4.74 Å². The first-order valence-electron chi connectivity index (χ1n) is 12.3. The van der Waals surface area contributed by atoms with Crippen LogP contribution in [0.15, 0.2) is 81.7 Å². The molecule has 0 fully saturated rings. The van der Waals surface area contributed by atoms with E-state index in [0.29, 0.717) is 20.6 Å². The van der Waals surface area contributed by atoms with Crippen LogP contribution in [0.2, 0.25) is 0 Å². The largest absolute Gasteiger partial charge is 0.463 e. The van der Waals surface area contributed by atoms with Crippen LogP contribution in [0.25, 0.3) is 11.8 Å². The lowest BCUT2D eigenvalue weighted by atomic mass is 9.96. The lowest BCUT2D eigenvalue weighted by molar-refractivity contribution is -0.139. The van der Waals surface area contributed by atoms with Gasteiger partial charge in [-0.05, 0) is 70.0 Å². The number of aryl methyl sites for hydroxylation is 2. The number of hydrogen-bond donors (Lipinski definition) is 0. The minimum absolute atomic E-state index is 0.174. The molecule has 0 bridgehead atoms. The second-order valence-corrected chi connectivity index (χ2v) is 10.2. The summed E-state index contributed by atoms with van der Waals surface area (Å²) in [6, 6.07) is 19.5. The summed E-state index contributed by atoms with van der Waals surface area (Å²) in [5, 5.41) is 0. The molecule has 6 nitrogen and oxygen atoms in total. The maximum atomic E-state index is 13.8. The predicted octanol–water partition coefficient (Wildman–Crippen LogP) is 4.51. The van der Waals surface area contributed by atoms with Crippen LogP contribution in [-0.4, -0.2) is 21.7 Å². The number of aromatic nitrogens is 2. The van der Waals surface area contributed by atoms with Crippen LogP contribution in [0.4, 0.5) is 0 Å². The Morgan fingerprint density at radius 3 is 2.43 bits per heavy atom. The molecule has 5 rings (SSSR count). The van der Waals surface area contributed by atoms with E-state index in [1.54, 1.807) is 18.4 Å². The maximum absolute atomic E-state index is 13.8. The number of carbonyl (C=O) groups is 1.